The van der Waals surface area contributed by atoms with Crippen molar-refractivity contribution in [2.75, 3.05) is 26.2 Å². The van der Waals surface area contributed by atoms with Crippen molar-refractivity contribution in [2.24, 2.45) is 5.92 Å². The maximum Gasteiger partial charge on any atom is 0.416 e. The van der Waals surface area contributed by atoms with E-state index >= 15 is 0 Å². The molecule has 2 rings (SSSR count). The van der Waals surface area contributed by atoms with Crippen molar-refractivity contribution in [3.63, 3.8) is 0 Å². The number of rotatable bonds is 5. The van der Waals surface area contributed by atoms with Crippen molar-refractivity contribution in [3.05, 3.63) is 35.4 Å². The van der Waals surface area contributed by atoms with Gasteiger partial charge in [0.25, 0.3) is 0 Å². The predicted octanol–water partition coefficient (Wildman–Crippen LogP) is 4.93. The minimum atomic E-state index is -4.26. The Bertz CT molecular complexity index is 458. The van der Waals surface area contributed by atoms with Crippen LogP contribution in [0.5, 0.6) is 0 Å². The normalized spacial score (nSPS) is 17.1. The van der Waals surface area contributed by atoms with E-state index in [9.17, 15) is 13.2 Å². The molecule has 0 spiro atoms. The third-order valence-corrected chi connectivity index (χ3v) is 4.23. The summed E-state index contributed by atoms with van der Waals surface area (Å²) in [7, 11) is 0. The number of nitrogens with one attached hydrogen (secondary N) is 1. The Kier molecular flexibility index (Phi) is 10.3. The second-order valence-corrected chi connectivity index (χ2v) is 6.39. The average Bonchev–Trinajstić information content (AvgIpc) is 2.48. The molecule has 140 valence electrons. The molecule has 1 aliphatic rings. The molecule has 2 nitrogen and oxygen atoms in total. The van der Waals surface area contributed by atoms with E-state index in [1.807, 2.05) is 0 Å². The summed E-state index contributed by atoms with van der Waals surface area (Å²) >= 11 is 0. The fraction of sp³-hybridized carbons (Fsp3) is 0.647. The maximum atomic E-state index is 12.7. The van der Waals surface area contributed by atoms with Crippen molar-refractivity contribution in [1.29, 1.82) is 0 Å². The van der Waals surface area contributed by atoms with Crippen LogP contribution in [0.25, 0.3) is 0 Å². The van der Waals surface area contributed by atoms with E-state index in [0.717, 1.165) is 44.6 Å². The minimum absolute atomic E-state index is 0. The van der Waals surface area contributed by atoms with Gasteiger partial charge in [-0.15, -0.1) is 24.8 Å². The van der Waals surface area contributed by atoms with Gasteiger partial charge >= 0.3 is 6.18 Å². The molecule has 7 heteroatoms. The summed E-state index contributed by atoms with van der Waals surface area (Å²) in [6.07, 6.45) is -2.19. The highest BCUT2D eigenvalue weighted by atomic mass is 35.5. The van der Waals surface area contributed by atoms with Crippen molar-refractivity contribution in [2.45, 2.75) is 38.9 Å². The van der Waals surface area contributed by atoms with Crippen LogP contribution in [0, 0.1) is 5.92 Å². The molecule has 0 unspecified atom stereocenters. The van der Waals surface area contributed by atoms with Crippen LogP contribution in [0.4, 0.5) is 13.2 Å². The molecule has 1 heterocycles. The van der Waals surface area contributed by atoms with E-state index in [2.05, 4.69) is 24.1 Å². The highest BCUT2D eigenvalue weighted by Gasteiger charge is 2.30. The van der Waals surface area contributed by atoms with Crippen LogP contribution in [0.3, 0.4) is 0 Å². The van der Waals surface area contributed by atoms with Crippen LogP contribution in [0.1, 0.15) is 43.9 Å². The second kappa shape index (κ2) is 10.5. The van der Waals surface area contributed by atoms with E-state index in [0.29, 0.717) is 5.92 Å². The minimum Gasteiger partial charge on any atom is -0.314 e. The zero-order valence-electron chi connectivity index (χ0n) is 14.1. The molecule has 1 atom stereocenters. The van der Waals surface area contributed by atoms with Crippen molar-refractivity contribution in [1.82, 2.24) is 10.2 Å². The van der Waals surface area contributed by atoms with Gasteiger partial charge in [0.05, 0.1) is 5.56 Å². The summed E-state index contributed by atoms with van der Waals surface area (Å²) in [5.74, 6) is 0.597. The molecule has 0 aliphatic carbocycles. The summed E-state index contributed by atoms with van der Waals surface area (Å²) in [4.78, 5) is 2.39. The smallest absolute Gasteiger partial charge is 0.314 e. The molecule has 0 saturated carbocycles. The monoisotopic (exact) mass is 386 g/mol. The standard InChI is InChI=1S/C17H25F3N2.2ClH/c1-13(2)3-8-16(22-11-9-21-10-12-22)14-4-6-15(7-5-14)17(18,19)20;;/h4-7,13,16,21H,3,8-12H2,1-2H3;2*1H/t16-;;/m0../s1. The number of halogens is 5. The lowest BCUT2D eigenvalue weighted by Gasteiger charge is -2.35. The highest BCUT2D eigenvalue weighted by Crippen LogP contribution is 2.32. The quantitative estimate of drug-likeness (QED) is 0.771. The number of piperazine rings is 1. The molecule has 1 aromatic rings. The Balaban J connectivity index is 0.00000264. The number of hydrogen-bond acceptors (Lipinski definition) is 2. The zero-order valence-corrected chi connectivity index (χ0v) is 15.7. The summed E-state index contributed by atoms with van der Waals surface area (Å²) < 4.78 is 38.1. The first kappa shape index (κ1) is 23.5. The lowest BCUT2D eigenvalue weighted by molar-refractivity contribution is -0.137. The maximum absolute atomic E-state index is 12.7. The van der Waals surface area contributed by atoms with Crippen LogP contribution < -0.4 is 5.32 Å². The average molecular weight is 387 g/mol. The van der Waals surface area contributed by atoms with Crippen molar-refractivity contribution < 1.29 is 13.2 Å². The zero-order chi connectivity index (χ0) is 16.2. The lowest BCUT2D eigenvalue weighted by atomic mass is 9.95. The van der Waals surface area contributed by atoms with E-state index in [1.165, 1.54) is 12.1 Å². The molecule has 0 bridgehead atoms. The molecule has 1 saturated heterocycles. The lowest BCUT2D eigenvalue weighted by Crippen LogP contribution is -2.45. The van der Waals surface area contributed by atoms with Crippen LogP contribution in [-0.2, 0) is 6.18 Å². The van der Waals surface area contributed by atoms with E-state index in [1.54, 1.807) is 12.1 Å². The Morgan fingerprint density at radius 3 is 2.00 bits per heavy atom. The fourth-order valence-corrected chi connectivity index (χ4v) is 2.94. The summed E-state index contributed by atoms with van der Waals surface area (Å²) in [6.45, 7) is 8.15. The first-order valence-electron chi connectivity index (χ1n) is 8.00. The molecule has 1 N–H and O–H groups in total. The summed E-state index contributed by atoms with van der Waals surface area (Å²) in [6, 6.07) is 5.93. The topological polar surface area (TPSA) is 15.3 Å². The van der Waals surface area contributed by atoms with Gasteiger partial charge in [-0.05, 0) is 36.5 Å². The molecule has 1 aromatic carbocycles. The number of benzene rings is 1. The van der Waals surface area contributed by atoms with Gasteiger partial charge in [-0.1, -0.05) is 26.0 Å². The third kappa shape index (κ3) is 6.79. The Morgan fingerprint density at radius 2 is 1.54 bits per heavy atom. The van der Waals surface area contributed by atoms with Crippen molar-refractivity contribution >= 4 is 24.8 Å². The number of alkyl halides is 3. The molecule has 24 heavy (non-hydrogen) atoms. The van der Waals surface area contributed by atoms with Crippen LogP contribution in [0.2, 0.25) is 0 Å². The largest absolute Gasteiger partial charge is 0.416 e. The van der Waals surface area contributed by atoms with E-state index in [4.69, 9.17) is 0 Å². The Morgan fingerprint density at radius 1 is 1.00 bits per heavy atom. The molecule has 0 amide bonds. The van der Waals surface area contributed by atoms with Gasteiger partial charge in [0.2, 0.25) is 0 Å². The first-order valence-corrected chi connectivity index (χ1v) is 8.00. The van der Waals surface area contributed by atoms with Gasteiger partial charge in [0.1, 0.15) is 0 Å². The Labute approximate surface area is 155 Å². The summed E-state index contributed by atoms with van der Waals surface area (Å²) in [5, 5.41) is 3.32. The van der Waals surface area contributed by atoms with Crippen LogP contribution in [0.15, 0.2) is 24.3 Å². The fourth-order valence-electron chi connectivity index (χ4n) is 2.94. The Hall–Kier alpha value is -0.490. The number of nitrogens with zero attached hydrogens (tertiary/aromatic N) is 1. The van der Waals surface area contributed by atoms with Gasteiger partial charge in [-0.3, -0.25) is 4.90 Å². The molecule has 1 fully saturated rings. The van der Waals surface area contributed by atoms with Crippen LogP contribution in [-0.4, -0.2) is 31.1 Å². The molecule has 0 radical (unpaired) electrons. The number of hydrogen-bond donors (Lipinski definition) is 1. The van der Waals surface area contributed by atoms with Gasteiger partial charge in [-0.25, -0.2) is 0 Å². The van der Waals surface area contributed by atoms with Gasteiger partial charge in [0.15, 0.2) is 0 Å². The predicted molar refractivity (Wildman–Crippen MR) is 97.2 cm³/mol. The molecular formula is C17H27Cl2F3N2. The SMILES string of the molecule is CC(C)CC[C@@H](c1ccc(C(F)(F)F)cc1)N1CCNCC1.Cl.Cl. The van der Waals surface area contributed by atoms with Crippen molar-refractivity contribution in [3.8, 4) is 0 Å². The molecule has 1 aliphatic heterocycles. The van der Waals surface area contributed by atoms with Gasteiger partial charge < -0.3 is 5.32 Å². The molecule has 0 aromatic heterocycles. The van der Waals surface area contributed by atoms with Crippen LogP contribution >= 0.6 is 24.8 Å². The van der Waals surface area contributed by atoms with E-state index < -0.39 is 11.7 Å². The van der Waals surface area contributed by atoms with E-state index in [-0.39, 0.29) is 30.9 Å². The van der Waals surface area contributed by atoms with Gasteiger partial charge in [-0.2, -0.15) is 13.2 Å². The first-order chi connectivity index (χ1) is 10.4. The third-order valence-electron chi connectivity index (χ3n) is 4.23. The summed E-state index contributed by atoms with van der Waals surface area (Å²) in [5.41, 5.74) is 0.426. The second-order valence-electron chi connectivity index (χ2n) is 6.39. The highest BCUT2D eigenvalue weighted by molar-refractivity contribution is 5.85. The van der Waals surface area contributed by atoms with Gasteiger partial charge in [0, 0.05) is 32.2 Å². The molecular weight excluding hydrogens is 360 g/mol.